The van der Waals surface area contributed by atoms with Gasteiger partial charge in [0.15, 0.2) is 16.6 Å². The fourth-order valence-electron chi connectivity index (χ4n) is 2.49. The number of benzene rings is 2. The predicted octanol–water partition coefficient (Wildman–Crippen LogP) is 4.04. The third-order valence-corrected chi connectivity index (χ3v) is 5.16. The van der Waals surface area contributed by atoms with Gasteiger partial charge in [-0.25, -0.2) is 4.98 Å². The molecule has 5 nitrogen and oxygen atoms in total. The van der Waals surface area contributed by atoms with Gasteiger partial charge in [-0.1, -0.05) is 41.1 Å². The van der Waals surface area contributed by atoms with Crippen LogP contribution < -0.4 is 14.8 Å². The molecule has 0 saturated heterocycles. The Hall–Kier alpha value is -2.31. The average Bonchev–Trinajstić information content (AvgIpc) is 3.03. The van der Waals surface area contributed by atoms with Crippen LogP contribution in [-0.4, -0.2) is 23.6 Å². The summed E-state index contributed by atoms with van der Waals surface area (Å²) in [4.78, 5) is 16.9. The number of nitrogens with zero attached hydrogens (tertiary/aromatic N) is 1. The molecule has 0 bridgehead atoms. The molecule has 2 aromatic carbocycles. The zero-order chi connectivity index (χ0) is 16.7. The van der Waals surface area contributed by atoms with Crippen molar-refractivity contribution in [3.63, 3.8) is 0 Å². The topological polar surface area (TPSA) is 60.5 Å². The summed E-state index contributed by atoms with van der Waals surface area (Å²) < 4.78 is 12.1. The standard InChI is InChI=1S/C17H13ClN2O3S/c1-9-6-7-10(18)15-14(9)19-17(24-15)20-16(21)13-8-22-11-4-2-3-5-12(11)23-13/h2-7,13H,8H2,1H3,(H,19,20,21)/t13-/m1/s1. The highest BCUT2D eigenvalue weighted by atomic mass is 35.5. The first-order valence-electron chi connectivity index (χ1n) is 7.37. The van der Waals surface area contributed by atoms with Crippen molar-refractivity contribution in [2.75, 3.05) is 11.9 Å². The van der Waals surface area contributed by atoms with E-state index < -0.39 is 6.10 Å². The number of carbonyl (C=O) groups excluding carboxylic acids is 1. The van der Waals surface area contributed by atoms with Crippen LogP contribution in [0.4, 0.5) is 5.13 Å². The maximum atomic E-state index is 12.4. The molecule has 2 heterocycles. The molecule has 1 aliphatic heterocycles. The number of aromatic nitrogens is 1. The van der Waals surface area contributed by atoms with Gasteiger partial charge in [-0.2, -0.15) is 0 Å². The third kappa shape index (κ3) is 2.68. The van der Waals surface area contributed by atoms with Gasteiger partial charge >= 0.3 is 0 Å². The molecule has 0 radical (unpaired) electrons. The Balaban J connectivity index is 1.55. The maximum Gasteiger partial charge on any atom is 0.270 e. The number of anilines is 1. The Bertz CT molecular complexity index is 902. The lowest BCUT2D eigenvalue weighted by Crippen LogP contribution is -2.40. The number of amides is 1. The van der Waals surface area contributed by atoms with Crippen molar-refractivity contribution in [1.29, 1.82) is 0 Å². The molecule has 7 heteroatoms. The van der Waals surface area contributed by atoms with E-state index in [9.17, 15) is 4.79 Å². The van der Waals surface area contributed by atoms with Crippen LogP contribution in [0, 0.1) is 6.92 Å². The Labute approximate surface area is 147 Å². The van der Waals surface area contributed by atoms with Gasteiger partial charge in [0.25, 0.3) is 5.91 Å². The van der Waals surface area contributed by atoms with Crippen molar-refractivity contribution in [3.05, 3.63) is 47.0 Å². The van der Waals surface area contributed by atoms with Crippen molar-refractivity contribution >= 4 is 44.2 Å². The van der Waals surface area contributed by atoms with Crippen LogP contribution in [0.5, 0.6) is 11.5 Å². The lowest BCUT2D eigenvalue weighted by molar-refractivity contribution is -0.125. The van der Waals surface area contributed by atoms with Crippen molar-refractivity contribution in [2.24, 2.45) is 0 Å². The minimum Gasteiger partial charge on any atom is -0.485 e. The smallest absolute Gasteiger partial charge is 0.270 e. The van der Waals surface area contributed by atoms with Crippen LogP contribution in [0.25, 0.3) is 10.2 Å². The first-order chi connectivity index (χ1) is 11.6. The third-order valence-electron chi connectivity index (χ3n) is 3.73. The number of fused-ring (bicyclic) bond motifs is 2. The predicted molar refractivity (Wildman–Crippen MR) is 94.3 cm³/mol. The highest BCUT2D eigenvalue weighted by molar-refractivity contribution is 7.23. The van der Waals surface area contributed by atoms with Crippen molar-refractivity contribution < 1.29 is 14.3 Å². The zero-order valence-corrected chi connectivity index (χ0v) is 14.3. The normalized spacial score (nSPS) is 16.2. The Morgan fingerprint density at radius 2 is 2.08 bits per heavy atom. The first kappa shape index (κ1) is 15.2. The molecule has 0 spiro atoms. The second-order valence-corrected chi connectivity index (χ2v) is 6.82. The molecular weight excluding hydrogens is 348 g/mol. The van der Waals surface area contributed by atoms with Crippen LogP contribution in [0.3, 0.4) is 0 Å². The van der Waals surface area contributed by atoms with E-state index in [4.69, 9.17) is 21.1 Å². The van der Waals surface area contributed by atoms with Gasteiger partial charge in [0.05, 0.1) is 15.2 Å². The second kappa shape index (κ2) is 5.96. The van der Waals surface area contributed by atoms with Crippen LogP contribution >= 0.6 is 22.9 Å². The fourth-order valence-corrected chi connectivity index (χ4v) is 3.71. The number of ether oxygens (including phenoxy) is 2. The number of halogens is 1. The number of hydrogen-bond donors (Lipinski definition) is 1. The van der Waals surface area contributed by atoms with E-state index in [0.717, 1.165) is 15.8 Å². The highest BCUT2D eigenvalue weighted by Crippen LogP contribution is 2.34. The molecule has 1 atom stereocenters. The average molecular weight is 361 g/mol. The van der Waals surface area contributed by atoms with Gasteiger partial charge in [0.1, 0.15) is 6.61 Å². The van der Waals surface area contributed by atoms with Crippen molar-refractivity contribution in [3.8, 4) is 11.5 Å². The Morgan fingerprint density at radius 3 is 2.88 bits per heavy atom. The van der Waals surface area contributed by atoms with Gasteiger partial charge in [-0.3, -0.25) is 10.1 Å². The van der Waals surface area contributed by atoms with E-state index in [2.05, 4.69) is 10.3 Å². The van der Waals surface area contributed by atoms with Gasteiger partial charge in [-0.05, 0) is 30.7 Å². The van der Waals surface area contributed by atoms with Crippen LogP contribution in [-0.2, 0) is 4.79 Å². The van der Waals surface area contributed by atoms with Gasteiger partial charge in [0.2, 0.25) is 6.10 Å². The second-order valence-electron chi connectivity index (χ2n) is 5.41. The summed E-state index contributed by atoms with van der Waals surface area (Å²) in [6, 6.07) is 11.0. The first-order valence-corrected chi connectivity index (χ1v) is 8.56. The summed E-state index contributed by atoms with van der Waals surface area (Å²) >= 11 is 7.54. The summed E-state index contributed by atoms with van der Waals surface area (Å²) in [6.45, 7) is 2.12. The van der Waals surface area contributed by atoms with Crippen LogP contribution in [0.2, 0.25) is 5.02 Å². The molecule has 4 rings (SSSR count). The van der Waals surface area contributed by atoms with Crippen molar-refractivity contribution in [2.45, 2.75) is 13.0 Å². The lowest BCUT2D eigenvalue weighted by atomic mass is 10.2. The molecule has 1 N–H and O–H groups in total. The largest absolute Gasteiger partial charge is 0.485 e. The van der Waals surface area contributed by atoms with Crippen molar-refractivity contribution in [1.82, 2.24) is 4.98 Å². The molecule has 1 amide bonds. The molecule has 1 aromatic heterocycles. The quantitative estimate of drug-likeness (QED) is 0.749. The number of carbonyl (C=O) groups is 1. The Kier molecular flexibility index (Phi) is 3.78. The molecule has 0 saturated carbocycles. The minimum absolute atomic E-state index is 0.160. The monoisotopic (exact) mass is 360 g/mol. The number of para-hydroxylation sites is 2. The molecule has 0 fully saturated rings. The minimum atomic E-state index is -0.719. The van der Waals surface area contributed by atoms with E-state index in [1.54, 1.807) is 6.07 Å². The summed E-state index contributed by atoms with van der Waals surface area (Å²) in [5.41, 5.74) is 1.81. The summed E-state index contributed by atoms with van der Waals surface area (Å²) in [7, 11) is 0. The van der Waals surface area contributed by atoms with Gasteiger partial charge in [0, 0.05) is 0 Å². The van der Waals surface area contributed by atoms with Gasteiger partial charge in [-0.15, -0.1) is 0 Å². The number of aryl methyl sites for hydroxylation is 1. The van der Waals surface area contributed by atoms with E-state index in [-0.39, 0.29) is 12.5 Å². The zero-order valence-electron chi connectivity index (χ0n) is 12.7. The summed E-state index contributed by atoms with van der Waals surface area (Å²) in [5, 5.41) is 3.91. The number of nitrogens with one attached hydrogen (secondary N) is 1. The molecule has 122 valence electrons. The van der Waals surface area contributed by atoms with E-state index in [0.29, 0.717) is 21.7 Å². The molecular formula is C17H13ClN2O3S. The van der Waals surface area contributed by atoms with Crippen LogP contribution in [0.1, 0.15) is 5.56 Å². The van der Waals surface area contributed by atoms with E-state index in [1.165, 1.54) is 11.3 Å². The number of rotatable bonds is 2. The maximum absolute atomic E-state index is 12.4. The Morgan fingerprint density at radius 1 is 1.29 bits per heavy atom. The fraction of sp³-hybridized carbons (Fsp3) is 0.176. The highest BCUT2D eigenvalue weighted by Gasteiger charge is 2.28. The number of thiazole rings is 1. The molecule has 0 unspecified atom stereocenters. The van der Waals surface area contributed by atoms with Gasteiger partial charge < -0.3 is 9.47 Å². The van der Waals surface area contributed by atoms with E-state index >= 15 is 0 Å². The number of hydrogen-bond acceptors (Lipinski definition) is 5. The van der Waals surface area contributed by atoms with Crippen LogP contribution in [0.15, 0.2) is 36.4 Å². The summed E-state index contributed by atoms with van der Waals surface area (Å²) in [5.74, 6) is 0.911. The molecule has 24 heavy (non-hydrogen) atoms. The molecule has 3 aromatic rings. The molecule has 1 aliphatic rings. The van der Waals surface area contributed by atoms with E-state index in [1.807, 2.05) is 37.3 Å². The SMILES string of the molecule is Cc1ccc(Cl)c2sc(NC(=O)[C@H]3COc4ccccc4O3)nc12. The summed E-state index contributed by atoms with van der Waals surface area (Å²) in [6.07, 6.45) is -0.719. The molecule has 0 aliphatic carbocycles. The lowest BCUT2D eigenvalue weighted by Gasteiger charge is -2.25.